The van der Waals surface area contributed by atoms with E-state index in [1.54, 1.807) is 12.1 Å². The third kappa shape index (κ3) is 5.12. The summed E-state index contributed by atoms with van der Waals surface area (Å²) in [6, 6.07) is 8.88. The zero-order valence-electron chi connectivity index (χ0n) is 17.3. The lowest BCUT2D eigenvalue weighted by molar-refractivity contribution is -0.277. The summed E-state index contributed by atoms with van der Waals surface area (Å²) in [5.74, 6) is -0.792. The minimum atomic E-state index is -1.69. The molecule has 2 aromatic rings. The highest BCUT2D eigenvalue weighted by atomic mass is 16.7. The number of aliphatic hydroxyl groups excluding tert-OH is 4. The molecule has 0 aliphatic carbocycles. The lowest BCUT2D eigenvalue weighted by Gasteiger charge is -2.39. The Morgan fingerprint density at radius 3 is 2.34 bits per heavy atom. The van der Waals surface area contributed by atoms with Gasteiger partial charge in [0, 0.05) is 18.6 Å². The van der Waals surface area contributed by atoms with Gasteiger partial charge >= 0.3 is 0 Å². The van der Waals surface area contributed by atoms with Crippen LogP contribution in [0.5, 0.6) is 23.0 Å². The van der Waals surface area contributed by atoms with E-state index >= 15 is 0 Å². The molecule has 5 atom stereocenters. The van der Waals surface area contributed by atoms with E-state index in [0.29, 0.717) is 6.42 Å². The first-order chi connectivity index (χ1) is 15.2. The molecule has 3 rings (SSSR count). The number of Topliss-reactive ketones (excluding diaryl/α,β-unsaturated/α-hetero) is 1. The highest BCUT2D eigenvalue weighted by Gasteiger charge is 2.45. The number of phenols is 2. The molecule has 174 valence electrons. The summed E-state index contributed by atoms with van der Waals surface area (Å²) in [5.41, 5.74) is 0.613. The number of aromatic hydroxyl groups is 2. The topological polar surface area (TPSA) is 166 Å². The molecular weight excluding hydrogens is 424 g/mol. The van der Waals surface area contributed by atoms with Gasteiger partial charge in [-0.25, -0.2) is 0 Å². The maximum Gasteiger partial charge on any atom is 0.229 e. The monoisotopic (exact) mass is 450 g/mol. The minimum Gasteiger partial charge on any atom is -0.508 e. The zero-order chi connectivity index (χ0) is 23.4. The van der Waals surface area contributed by atoms with Crippen LogP contribution >= 0.6 is 0 Å². The number of aliphatic hydroxyl groups is 4. The summed E-state index contributed by atoms with van der Waals surface area (Å²) >= 11 is 0. The minimum absolute atomic E-state index is 0.00426. The van der Waals surface area contributed by atoms with Gasteiger partial charge in [0.05, 0.1) is 13.7 Å². The predicted molar refractivity (Wildman–Crippen MR) is 110 cm³/mol. The van der Waals surface area contributed by atoms with Gasteiger partial charge in [0.1, 0.15) is 53.0 Å². The van der Waals surface area contributed by atoms with Crippen molar-refractivity contribution >= 4 is 5.78 Å². The van der Waals surface area contributed by atoms with E-state index < -0.39 is 48.8 Å². The molecular formula is C22H26O10. The molecule has 10 nitrogen and oxygen atoms in total. The Hall–Kier alpha value is -2.89. The number of hydrogen-bond acceptors (Lipinski definition) is 10. The van der Waals surface area contributed by atoms with Crippen molar-refractivity contribution in [3.8, 4) is 23.0 Å². The van der Waals surface area contributed by atoms with Crippen LogP contribution in [0.25, 0.3) is 0 Å². The Balaban J connectivity index is 1.85. The first-order valence-electron chi connectivity index (χ1n) is 9.94. The van der Waals surface area contributed by atoms with Gasteiger partial charge in [-0.15, -0.1) is 0 Å². The molecule has 1 heterocycles. The van der Waals surface area contributed by atoms with E-state index in [1.165, 1.54) is 31.4 Å². The van der Waals surface area contributed by atoms with Crippen molar-refractivity contribution in [3.63, 3.8) is 0 Å². The van der Waals surface area contributed by atoms with Gasteiger partial charge in [0.25, 0.3) is 0 Å². The number of methoxy groups -OCH3 is 1. The largest absolute Gasteiger partial charge is 0.508 e. The normalized spacial score (nSPS) is 25.3. The van der Waals surface area contributed by atoms with Crippen LogP contribution in [0.2, 0.25) is 0 Å². The fraction of sp³-hybridized carbons (Fsp3) is 0.409. The first kappa shape index (κ1) is 23.8. The molecule has 0 unspecified atom stereocenters. The number of hydrogen-bond donors (Lipinski definition) is 6. The number of rotatable bonds is 8. The smallest absolute Gasteiger partial charge is 0.229 e. The van der Waals surface area contributed by atoms with E-state index in [2.05, 4.69) is 0 Å². The van der Waals surface area contributed by atoms with Gasteiger partial charge in [0.15, 0.2) is 5.78 Å². The SMILES string of the molecule is COc1cc(O)c(C(=O)CCc2ccc(O)cc2)c(O[C@@H]2O[C@@H](CO)[C@@H](O)[C@H](O)[C@H]2O)c1. The Kier molecular flexibility index (Phi) is 7.54. The van der Waals surface area contributed by atoms with Crippen LogP contribution in [0, 0.1) is 0 Å². The molecule has 6 N–H and O–H groups in total. The van der Waals surface area contributed by atoms with Gasteiger partial charge in [-0.2, -0.15) is 0 Å². The zero-order valence-corrected chi connectivity index (χ0v) is 17.3. The molecule has 0 spiro atoms. The van der Waals surface area contributed by atoms with Gasteiger partial charge < -0.3 is 44.8 Å². The van der Waals surface area contributed by atoms with E-state index in [9.17, 15) is 35.4 Å². The fourth-order valence-corrected chi connectivity index (χ4v) is 3.40. The number of ether oxygens (including phenoxy) is 3. The van der Waals surface area contributed by atoms with Crippen molar-refractivity contribution < 1.29 is 49.6 Å². The Bertz CT molecular complexity index is 927. The van der Waals surface area contributed by atoms with Crippen LogP contribution in [0.4, 0.5) is 0 Å². The quantitative estimate of drug-likeness (QED) is 0.304. The second kappa shape index (κ2) is 10.2. The summed E-state index contributed by atoms with van der Waals surface area (Å²) in [6.07, 6.45) is -7.36. The maximum atomic E-state index is 12.9. The molecule has 0 amide bonds. The molecule has 1 aliphatic rings. The number of aryl methyl sites for hydroxylation is 1. The van der Waals surface area contributed by atoms with Crippen LogP contribution in [0.15, 0.2) is 36.4 Å². The number of ketones is 1. The van der Waals surface area contributed by atoms with Gasteiger partial charge in [-0.3, -0.25) is 4.79 Å². The van der Waals surface area contributed by atoms with Crippen molar-refractivity contribution in [2.24, 2.45) is 0 Å². The van der Waals surface area contributed by atoms with Crippen molar-refractivity contribution in [2.75, 3.05) is 13.7 Å². The summed E-state index contributed by atoms with van der Waals surface area (Å²) in [5, 5.41) is 59.3. The Morgan fingerprint density at radius 2 is 1.72 bits per heavy atom. The van der Waals surface area contributed by atoms with Crippen LogP contribution < -0.4 is 9.47 Å². The second-order valence-electron chi connectivity index (χ2n) is 7.42. The predicted octanol–water partition coefficient (Wildman–Crippen LogP) is 0.101. The number of phenolic OH excluding ortho intramolecular Hbond substituents is 2. The summed E-state index contributed by atoms with van der Waals surface area (Å²) in [4.78, 5) is 12.9. The lowest BCUT2D eigenvalue weighted by atomic mass is 9.99. The number of carbonyl (C=O) groups excluding carboxylic acids is 1. The summed E-state index contributed by atoms with van der Waals surface area (Å²) in [6.45, 7) is -0.646. The molecule has 1 saturated heterocycles. The Labute approximate surface area is 183 Å². The van der Waals surface area contributed by atoms with E-state index in [-0.39, 0.29) is 29.2 Å². The average molecular weight is 450 g/mol. The fourth-order valence-electron chi connectivity index (χ4n) is 3.40. The molecule has 1 aliphatic heterocycles. The third-order valence-electron chi connectivity index (χ3n) is 5.24. The van der Waals surface area contributed by atoms with Crippen molar-refractivity contribution in [1.29, 1.82) is 0 Å². The van der Waals surface area contributed by atoms with Crippen molar-refractivity contribution in [1.82, 2.24) is 0 Å². The Morgan fingerprint density at radius 1 is 1.03 bits per heavy atom. The molecule has 0 aromatic heterocycles. The number of carbonyl (C=O) groups is 1. The van der Waals surface area contributed by atoms with E-state index in [0.717, 1.165) is 5.56 Å². The summed E-state index contributed by atoms with van der Waals surface area (Å²) < 4.78 is 16.0. The molecule has 10 heteroatoms. The summed E-state index contributed by atoms with van der Waals surface area (Å²) in [7, 11) is 1.35. The van der Waals surface area contributed by atoms with Crippen molar-refractivity contribution in [3.05, 3.63) is 47.5 Å². The third-order valence-corrected chi connectivity index (χ3v) is 5.24. The van der Waals surface area contributed by atoms with Gasteiger partial charge in [-0.1, -0.05) is 12.1 Å². The number of benzene rings is 2. The first-order valence-corrected chi connectivity index (χ1v) is 9.94. The standard InChI is InChI=1S/C22H26O10/c1-30-13-8-15(26)18(14(25)7-4-11-2-5-12(24)6-3-11)16(9-13)31-22-21(29)20(28)19(27)17(10-23)32-22/h2-3,5-6,8-9,17,19-24,26-29H,4,7,10H2,1H3/t17-,19+,20-,21+,22+/m0/s1. The van der Waals surface area contributed by atoms with Crippen molar-refractivity contribution in [2.45, 2.75) is 43.5 Å². The van der Waals surface area contributed by atoms with E-state index in [4.69, 9.17) is 14.2 Å². The van der Waals surface area contributed by atoms with Gasteiger partial charge in [0.2, 0.25) is 6.29 Å². The highest BCUT2D eigenvalue weighted by molar-refractivity contribution is 6.01. The molecule has 2 aromatic carbocycles. The second-order valence-corrected chi connectivity index (χ2v) is 7.42. The van der Waals surface area contributed by atoms with Gasteiger partial charge in [-0.05, 0) is 24.1 Å². The van der Waals surface area contributed by atoms with E-state index in [1.807, 2.05) is 0 Å². The maximum absolute atomic E-state index is 12.9. The van der Waals surface area contributed by atoms with Crippen LogP contribution in [0.1, 0.15) is 22.3 Å². The molecule has 1 fully saturated rings. The molecule has 0 saturated carbocycles. The molecule has 0 radical (unpaired) electrons. The van der Waals surface area contributed by atoms with Crippen LogP contribution in [-0.2, 0) is 11.2 Å². The van der Waals surface area contributed by atoms with Crippen LogP contribution in [-0.4, -0.2) is 80.8 Å². The van der Waals surface area contributed by atoms with Crippen LogP contribution in [0.3, 0.4) is 0 Å². The highest BCUT2D eigenvalue weighted by Crippen LogP contribution is 2.36. The molecule has 32 heavy (non-hydrogen) atoms. The lowest BCUT2D eigenvalue weighted by Crippen LogP contribution is -2.60. The molecule has 0 bridgehead atoms. The average Bonchev–Trinajstić information content (AvgIpc) is 2.78.